The van der Waals surface area contributed by atoms with Crippen LogP contribution in [0.15, 0.2) is 54.6 Å². The fourth-order valence-corrected chi connectivity index (χ4v) is 4.00. The third-order valence-corrected chi connectivity index (χ3v) is 5.42. The molecule has 0 radical (unpaired) electrons. The van der Waals surface area contributed by atoms with Crippen LogP contribution in [0.1, 0.15) is 40.4 Å². The number of halogens is 1. The van der Waals surface area contributed by atoms with Crippen LogP contribution in [0.25, 0.3) is 10.9 Å². The van der Waals surface area contributed by atoms with Gasteiger partial charge in [-0.15, -0.1) is 0 Å². The van der Waals surface area contributed by atoms with E-state index in [1.54, 1.807) is 23.1 Å². The van der Waals surface area contributed by atoms with E-state index in [0.29, 0.717) is 29.9 Å². The molecule has 6 heteroatoms. The molecule has 2 N–H and O–H groups in total. The van der Waals surface area contributed by atoms with Gasteiger partial charge in [0.05, 0.1) is 23.2 Å². The molecule has 1 aliphatic heterocycles. The van der Waals surface area contributed by atoms with Crippen LogP contribution >= 0.6 is 0 Å². The zero-order valence-electron chi connectivity index (χ0n) is 16.0. The number of hydrogen-bond donors (Lipinski definition) is 1. The monoisotopic (exact) mass is 391 g/mol. The minimum Gasteiger partial charge on any atom is -0.366 e. The van der Waals surface area contributed by atoms with E-state index in [4.69, 9.17) is 10.7 Å². The first-order chi connectivity index (χ1) is 14.0. The molecule has 1 aromatic heterocycles. The first-order valence-corrected chi connectivity index (χ1v) is 9.73. The van der Waals surface area contributed by atoms with Crippen LogP contribution in [0.4, 0.5) is 4.39 Å². The van der Waals surface area contributed by atoms with Gasteiger partial charge in [0.15, 0.2) is 0 Å². The number of para-hydroxylation sites is 1. The topological polar surface area (TPSA) is 76.3 Å². The molecule has 1 fully saturated rings. The van der Waals surface area contributed by atoms with E-state index in [2.05, 4.69) is 0 Å². The summed E-state index contributed by atoms with van der Waals surface area (Å²) in [6, 6.07) is 15.5. The summed E-state index contributed by atoms with van der Waals surface area (Å²) in [4.78, 5) is 31.3. The fourth-order valence-electron chi connectivity index (χ4n) is 4.00. The highest BCUT2D eigenvalue weighted by atomic mass is 19.1. The lowest BCUT2D eigenvalue weighted by atomic mass is 9.90. The number of piperidine rings is 1. The Morgan fingerprint density at radius 2 is 1.97 bits per heavy atom. The quantitative estimate of drug-likeness (QED) is 0.740. The summed E-state index contributed by atoms with van der Waals surface area (Å²) in [6.07, 6.45) is 1.79. The van der Waals surface area contributed by atoms with E-state index in [9.17, 15) is 14.0 Å². The Balaban J connectivity index is 1.58. The lowest BCUT2D eigenvalue weighted by molar-refractivity contribution is -0.131. The second-order valence-corrected chi connectivity index (χ2v) is 7.46. The number of benzene rings is 2. The summed E-state index contributed by atoms with van der Waals surface area (Å²) in [5, 5.41) is 0.861. The van der Waals surface area contributed by atoms with E-state index in [1.165, 1.54) is 12.1 Å². The van der Waals surface area contributed by atoms with Gasteiger partial charge in [0.25, 0.3) is 5.91 Å². The summed E-state index contributed by atoms with van der Waals surface area (Å²) in [5.41, 5.74) is 8.14. The van der Waals surface area contributed by atoms with Gasteiger partial charge < -0.3 is 10.6 Å². The SMILES string of the molecule is NC(=O)c1cc2ccccc2nc1[C@H]1CCCN(C(=O)Cc2cccc(F)c2)C1. The molecule has 0 aliphatic carbocycles. The predicted octanol–water partition coefficient (Wildman–Crippen LogP) is 3.42. The molecule has 0 unspecified atom stereocenters. The van der Waals surface area contributed by atoms with Gasteiger partial charge in [0, 0.05) is 24.4 Å². The molecule has 3 aromatic rings. The average Bonchev–Trinajstić information content (AvgIpc) is 2.73. The van der Waals surface area contributed by atoms with Crippen LogP contribution < -0.4 is 5.73 Å². The van der Waals surface area contributed by atoms with Crippen molar-refractivity contribution in [1.82, 2.24) is 9.88 Å². The molecule has 4 rings (SSSR count). The van der Waals surface area contributed by atoms with E-state index < -0.39 is 5.91 Å². The van der Waals surface area contributed by atoms with Crippen molar-refractivity contribution >= 4 is 22.7 Å². The van der Waals surface area contributed by atoms with Gasteiger partial charge in [-0.2, -0.15) is 0 Å². The number of carbonyl (C=O) groups excluding carboxylic acids is 2. The van der Waals surface area contributed by atoms with Gasteiger partial charge in [-0.3, -0.25) is 14.6 Å². The van der Waals surface area contributed by atoms with E-state index in [-0.39, 0.29) is 24.1 Å². The lowest BCUT2D eigenvalue weighted by Crippen LogP contribution is -2.40. The van der Waals surface area contributed by atoms with Crippen LogP contribution in [-0.2, 0) is 11.2 Å². The Kier molecular flexibility index (Phi) is 5.25. The second-order valence-electron chi connectivity index (χ2n) is 7.46. The number of hydrogen-bond acceptors (Lipinski definition) is 3. The van der Waals surface area contributed by atoms with Gasteiger partial charge >= 0.3 is 0 Å². The Labute approximate surface area is 168 Å². The molecule has 1 saturated heterocycles. The summed E-state index contributed by atoms with van der Waals surface area (Å²) in [5.74, 6) is -0.978. The molecule has 2 amide bonds. The van der Waals surface area contributed by atoms with Crippen LogP contribution in [0.3, 0.4) is 0 Å². The Hall–Kier alpha value is -3.28. The molecule has 2 heterocycles. The number of likely N-dealkylation sites (tertiary alicyclic amines) is 1. The second kappa shape index (κ2) is 7.99. The van der Waals surface area contributed by atoms with Crippen molar-refractivity contribution in [3.05, 3.63) is 77.2 Å². The maximum absolute atomic E-state index is 13.4. The van der Waals surface area contributed by atoms with Gasteiger partial charge in [-0.1, -0.05) is 30.3 Å². The van der Waals surface area contributed by atoms with Crippen molar-refractivity contribution < 1.29 is 14.0 Å². The van der Waals surface area contributed by atoms with E-state index in [1.807, 2.05) is 24.3 Å². The zero-order chi connectivity index (χ0) is 20.4. The van der Waals surface area contributed by atoms with E-state index in [0.717, 1.165) is 23.7 Å². The third kappa shape index (κ3) is 4.11. The van der Waals surface area contributed by atoms with Crippen LogP contribution in [-0.4, -0.2) is 34.8 Å². The van der Waals surface area contributed by atoms with Gasteiger partial charge in [-0.05, 0) is 42.7 Å². The average molecular weight is 391 g/mol. The van der Waals surface area contributed by atoms with Crippen molar-refractivity contribution in [3.63, 3.8) is 0 Å². The van der Waals surface area contributed by atoms with E-state index >= 15 is 0 Å². The zero-order valence-corrected chi connectivity index (χ0v) is 16.0. The molecule has 1 atom stereocenters. The van der Waals surface area contributed by atoms with Crippen molar-refractivity contribution in [1.29, 1.82) is 0 Å². The molecule has 0 saturated carbocycles. The minimum absolute atomic E-state index is 0.0540. The number of carbonyl (C=O) groups is 2. The Bertz CT molecular complexity index is 1080. The summed E-state index contributed by atoms with van der Waals surface area (Å²) in [6.45, 7) is 1.11. The van der Waals surface area contributed by atoms with Gasteiger partial charge in [-0.25, -0.2) is 4.39 Å². The smallest absolute Gasteiger partial charge is 0.250 e. The van der Waals surface area contributed by atoms with Crippen LogP contribution in [0, 0.1) is 5.82 Å². The predicted molar refractivity (Wildman–Crippen MR) is 109 cm³/mol. The highest BCUT2D eigenvalue weighted by Crippen LogP contribution is 2.30. The summed E-state index contributed by atoms with van der Waals surface area (Å²) >= 11 is 0. The van der Waals surface area contributed by atoms with Crippen LogP contribution in [0.5, 0.6) is 0 Å². The molecule has 29 heavy (non-hydrogen) atoms. The van der Waals surface area contributed by atoms with Crippen LogP contribution in [0.2, 0.25) is 0 Å². The Morgan fingerprint density at radius 1 is 1.14 bits per heavy atom. The molecule has 2 aromatic carbocycles. The first kappa shape index (κ1) is 19.1. The summed E-state index contributed by atoms with van der Waals surface area (Å²) in [7, 11) is 0. The standard InChI is InChI=1S/C23H22FN3O2/c24-18-8-3-5-15(11-18)12-21(28)27-10-4-7-17(14-27)22-19(23(25)29)13-16-6-1-2-9-20(16)26-22/h1-3,5-6,8-9,11,13,17H,4,7,10,12,14H2,(H2,25,29)/t17-/m0/s1. The van der Waals surface area contributed by atoms with Crippen molar-refractivity contribution in [2.75, 3.05) is 13.1 Å². The molecule has 5 nitrogen and oxygen atoms in total. The molecule has 1 aliphatic rings. The molecule has 148 valence electrons. The lowest BCUT2D eigenvalue weighted by Gasteiger charge is -2.33. The first-order valence-electron chi connectivity index (χ1n) is 9.73. The molecule has 0 spiro atoms. The number of amides is 2. The maximum Gasteiger partial charge on any atom is 0.250 e. The number of fused-ring (bicyclic) bond motifs is 1. The maximum atomic E-state index is 13.4. The van der Waals surface area contributed by atoms with Crippen molar-refractivity contribution in [3.8, 4) is 0 Å². The molecule has 0 bridgehead atoms. The molecular weight excluding hydrogens is 369 g/mol. The largest absolute Gasteiger partial charge is 0.366 e. The summed E-state index contributed by atoms with van der Waals surface area (Å²) < 4.78 is 13.4. The number of primary amides is 1. The third-order valence-electron chi connectivity index (χ3n) is 5.42. The highest BCUT2D eigenvalue weighted by Gasteiger charge is 2.28. The number of pyridine rings is 1. The van der Waals surface area contributed by atoms with Gasteiger partial charge in [0.1, 0.15) is 5.82 Å². The number of nitrogens with zero attached hydrogens (tertiary/aromatic N) is 2. The number of nitrogens with two attached hydrogens (primary N) is 1. The van der Waals surface area contributed by atoms with Crippen molar-refractivity contribution in [2.45, 2.75) is 25.2 Å². The highest BCUT2D eigenvalue weighted by molar-refractivity contribution is 5.97. The Morgan fingerprint density at radius 3 is 2.76 bits per heavy atom. The fraction of sp³-hybridized carbons (Fsp3) is 0.261. The van der Waals surface area contributed by atoms with Gasteiger partial charge in [0.2, 0.25) is 5.91 Å². The number of aromatic nitrogens is 1. The normalized spacial score (nSPS) is 16.7. The minimum atomic E-state index is -0.513. The van der Waals surface area contributed by atoms with Crippen molar-refractivity contribution in [2.24, 2.45) is 5.73 Å². The molecular formula is C23H22FN3O2. The number of rotatable bonds is 4.